The maximum Gasteiger partial charge on any atom is 0.222 e. The first-order valence-electron chi connectivity index (χ1n) is 3.53. The largest absolute Gasteiger partial charge is 0.305 e. The van der Waals surface area contributed by atoms with Crippen molar-refractivity contribution in [1.29, 1.82) is 0 Å². The highest BCUT2D eigenvalue weighted by Gasteiger charge is 2.17. The zero-order valence-corrected chi connectivity index (χ0v) is 7.05. The van der Waals surface area contributed by atoms with Crippen molar-refractivity contribution in [3.63, 3.8) is 0 Å². The van der Waals surface area contributed by atoms with Gasteiger partial charge in [-0.05, 0) is 0 Å². The van der Waals surface area contributed by atoms with Crippen LogP contribution < -0.4 is 0 Å². The van der Waals surface area contributed by atoms with E-state index in [0.717, 1.165) is 0 Å². The van der Waals surface area contributed by atoms with E-state index < -0.39 is 0 Å². The van der Waals surface area contributed by atoms with E-state index in [9.17, 15) is 14.4 Å². The number of carbonyl (C=O) groups is 3. The summed E-state index contributed by atoms with van der Waals surface area (Å²) in [5, 5.41) is -0.133. The second kappa shape index (κ2) is 3.57. The van der Waals surface area contributed by atoms with Crippen molar-refractivity contribution >= 4 is 26.1 Å². The summed E-state index contributed by atoms with van der Waals surface area (Å²) in [6.45, 7) is 0. The van der Waals surface area contributed by atoms with Gasteiger partial charge in [-0.15, -0.1) is 0 Å². The van der Waals surface area contributed by atoms with Gasteiger partial charge in [0.25, 0.3) is 0 Å². The molecule has 0 atom stereocenters. The Morgan fingerprint density at radius 1 is 0.818 bits per heavy atom. The van der Waals surface area contributed by atoms with Gasteiger partial charge in [0.05, 0.1) is 0 Å². The van der Waals surface area contributed by atoms with Gasteiger partial charge >= 0.3 is 0 Å². The number of hydrogen-bond acceptors (Lipinski definition) is 3. The van der Waals surface area contributed by atoms with E-state index in [-0.39, 0.29) is 39.0 Å². The first-order valence-corrected chi connectivity index (χ1v) is 4.53. The van der Waals surface area contributed by atoms with Crippen LogP contribution in [-0.2, 0) is 14.4 Å². The summed E-state index contributed by atoms with van der Waals surface area (Å²) in [4.78, 5) is 32.5. The fraction of sp³-hybridized carbons (Fsp3) is 0.571. The summed E-state index contributed by atoms with van der Waals surface area (Å²) in [5.74, 6) is 0.0381. The molecular weight excluding hydrogens is 160 g/mol. The molecule has 1 saturated heterocycles. The minimum absolute atomic E-state index is 0.0381. The fourth-order valence-corrected chi connectivity index (χ4v) is 1.72. The van der Waals surface area contributed by atoms with E-state index in [1.807, 2.05) is 0 Å². The predicted octanol–water partition coefficient (Wildman–Crippen LogP) is -0.113. The summed E-state index contributed by atoms with van der Waals surface area (Å²) < 4.78 is 0. The zero-order chi connectivity index (χ0) is 8.27. The average molecular weight is 168 g/mol. The SMILES string of the molecule is O=C1CCC(=O)[Si]C(=O)CC1. The summed E-state index contributed by atoms with van der Waals surface area (Å²) in [5.41, 5.74) is 0. The van der Waals surface area contributed by atoms with Crippen LogP contribution in [-0.4, -0.2) is 26.1 Å². The van der Waals surface area contributed by atoms with Gasteiger partial charge in [-0.1, -0.05) is 0 Å². The van der Waals surface area contributed by atoms with Crippen LogP contribution in [0, 0.1) is 0 Å². The van der Waals surface area contributed by atoms with Gasteiger partial charge in [-0.25, -0.2) is 0 Å². The molecule has 58 valence electrons. The molecule has 4 heteroatoms. The molecule has 0 N–H and O–H groups in total. The molecular formula is C7H8O3Si. The second-order valence-electron chi connectivity index (χ2n) is 2.51. The molecule has 1 fully saturated rings. The highest BCUT2D eigenvalue weighted by Crippen LogP contribution is 2.04. The third kappa shape index (κ3) is 2.75. The Labute approximate surface area is 67.0 Å². The molecule has 0 aromatic carbocycles. The maximum atomic E-state index is 10.8. The first-order chi connectivity index (χ1) is 5.18. The van der Waals surface area contributed by atoms with E-state index in [4.69, 9.17) is 0 Å². The lowest BCUT2D eigenvalue weighted by Gasteiger charge is -2.03. The van der Waals surface area contributed by atoms with Crippen molar-refractivity contribution in [2.75, 3.05) is 0 Å². The molecule has 3 nitrogen and oxygen atoms in total. The van der Waals surface area contributed by atoms with E-state index >= 15 is 0 Å². The third-order valence-electron chi connectivity index (χ3n) is 1.54. The van der Waals surface area contributed by atoms with Crippen molar-refractivity contribution in [2.45, 2.75) is 25.7 Å². The smallest absolute Gasteiger partial charge is 0.222 e. The van der Waals surface area contributed by atoms with Crippen LogP contribution in [0.2, 0.25) is 0 Å². The molecule has 0 spiro atoms. The fourth-order valence-electron chi connectivity index (χ4n) is 0.911. The van der Waals surface area contributed by atoms with Crippen LogP contribution in [0.5, 0.6) is 0 Å². The second-order valence-corrected chi connectivity index (χ2v) is 3.88. The number of Topliss-reactive ketones (excluding diaryl/α,β-unsaturated/α-hetero) is 1. The molecule has 1 heterocycles. The molecule has 11 heavy (non-hydrogen) atoms. The van der Waals surface area contributed by atoms with Gasteiger partial charge < -0.3 is 9.59 Å². The minimum atomic E-state index is -0.202. The highest BCUT2D eigenvalue weighted by molar-refractivity contribution is 6.97. The van der Waals surface area contributed by atoms with Crippen molar-refractivity contribution < 1.29 is 14.4 Å². The van der Waals surface area contributed by atoms with Crippen molar-refractivity contribution in [2.24, 2.45) is 0 Å². The molecule has 1 aliphatic rings. The van der Waals surface area contributed by atoms with Gasteiger partial charge in [0.2, 0.25) is 9.52 Å². The normalized spacial score (nSPS) is 21.3. The Balaban J connectivity index is 2.53. The Morgan fingerprint density at radius 2 is 1.27 bits per heavy atom. The number of carbonyl (C=O) groups excluding carboxylic acids is 3. The van der Waals surface area contributed by atoms with E-state index in [1.54, 1.807) is 0 Å². The summed E-state index contributed by atoms with van der Waals surface area (Å²) in [6.07, 6.45) is 1.20. The number of rotatable bonds is 0. The monoisotopic (exact) mass is 168 g/mol. The zero-order valence-electron chi connectivity index (χ0n) is 6.05. The first kappa shape index (κ1) is 8.32. The summed E-state index contributed by atoms with van der Waals surface area (Å²) >= 11 is 0. The predicted molar refractivity (Wildman–Crippen MR) is 39.2 cm³/mol. The summed E-state index contributed by atoms with van der Waals surface area (Å²) in [7, 11) is -0.202. The van der Waals surface area contributed by atoms with Crippen LogP contribution in [0.3, 0.4) is 0 Å². The van der Waals surface area contributed by atoms with Gasteiger partial charge in [-0.3, -0.25) is 4.79 Å². The minimum Gasteiger partial charge on any atom is -0.305 e. The van der Waals surface area contributed by atoms with Crippen LogP contribution in [0.1, 0.15) is 25.7 Å². The van der Waals surface area contributed by atoms with Crippen LogP contribution in [0.15, 0.2) is 0 Å². The molecule has 0 aromatic rings. The third-order valence-corrected chi connectivity index (χ3v) is 2.60. The van der Waals surface area contributed by atoms with Gasteiger partial charge in [0, 0.05) is 25.7 Å². The lowest BCUT2D eigenvalue weighted by molar-refractivity contribution is -0.124. The lowest BCUT2D eigenvalue weighted by Crippen LogP contribution is -2.24. The Hall–Kier alpha value is -0.773. The van der Waals surface area contributed by atoms with Crippen molar-refractivity contribution in [3.05, 3.63) is 0 Å². The van der Waals surface area contributed by atoms with Crippen LogP contribution in [0.25, 0.3) is 0 Å². The highest BCUT2D eigenvalue weighted by atomic mass is 28.2. The topological polar surface area (TPSA) is 51.2 Å². The molecule has 1 aliphatic heterocycles. The molecule has 0 amide bonds. The molecule has 0 bridgehead atoms. The van der Waals surface area contributed by atoms with E-state index in [2.05, 4.69) is 0 Å². The number of ketones is 1. The van der Waals surface area contributed by atoms with Crippen LogP contribution in [0.4, 0.5) is 0 Å². The van der Waals surface area contributed by atoms with Crippen LogP contribution >= 0.6 is 0 Å². The quantitative estimate of drug-likeness (QED) is 0.474. The van der Waals surface area contributed by atoms with Gasteiger partial charge in [-0.2, -0.15) is 0 Å². The Bertz CT molecular complexity index is 190. The molecule has 0 aromatic heterocycles. The summed E-state index contributed by atoms with van der Waals surface area (Å²) in [6, 6.07) is 0. The Kier molecular flexibility index (Phi) is 2.70. The van der Waals surface area contributed by atoms with E-state index in [1.165, 1.54) is 0 Å². The molecule has 1 rings (SSSR count). The standard InChI is InChI=1S/C7H8O3Si/c8-5-1-3-6(9)11-7(10)4-2-5/h1-4H2. The average Bonchev–Trinajstić information content (AvgIpc) is 1.95. The molecule has 0 saturated carbocycles. The molecule has 0 aliphatic carbocycles. The van der Waals surface area contributed by atoms with Crippen molar-refractivity contribution in [3.8, 4) is 0 Å². The van der Waals surface area contributed by atoms with E-state index in [0.29, 0.717) is 12.8 Å². The lowest BCUT2D eigenvalue weighted by atomic mass is 10.1. The maximum absolute atomic E-state index is 10.8. The van der Waals surface area contributed by atoms with Gasteiger partial charge in [0.1, 0.15) is 16.6 Å². The van der Waals surface area contributed by atoms with Gasteiger partial charge in [0.15, 0.2) is 0 Å². The van der Waals surface area contributed by atoms with Crippen molar-refractivity contribution in [1.82, 2.24) is 0 Å². The molecule has 2 radical (unpaired) electrons. The number of hydrogen-bond donors (Lipinski definition) is 0. The Morgan fingerprint density at radius 3 is 1.73 bits per heavy atom. The molecule has 0 unspecified atom stereocenters.